The summed E-state index contributed by atoms with van der Waals surface area (Å²) in [4.78, 5) is 14.2. The zero-order valence-electron chi connectivity index (χ0n) is 9.77. The van der Waals surface area contributed by atoms with Crippen molar-refractivity contribution in [2.75, 3.05) is 6.26 Å². The molecule has 1 amide bonds. The van der Waals surface area contributed by atoms with Crippen molar-refractivity contribution in [3.8, 4) is 0 Å². The molecule has 0 fully saturated rings. The Kier molecular flexibility index (Phi) is 4.86. The van der Waals surface area contributed by atoms with Gasteiger partial charge in [-0.25, -0.2) is 0 Å². The summed E-state index contributed by atoms with van der Waals surface area (Å²) in [5, 5.41) is 2.91. The van der Waals surface area contributed by atoms with Crippen LogP contribution in [0.3, 0.4) is 0 Å². The van der Waals surface area contributed by atoms with Crippen molar-refractivity contribution < 1.29 is 4.79 Å². The summed E-state index contributed by atoms with van der Waals surface area (Å²) >= 11 is 6.70. The minimum atomic E-state index is -0.0350. The standard InChI is InChI=1S/C13H12BrNOS2/c1-17-10-4-2-9(3-5-10)13(16)15-8-11-6-7-12(14)18-11/h2-7H,8H2,1H3,(H,15,16). The number of nitrogens with one attached hydrogen (secondary N) is 1. The minimum Gasteiger partial charge on any atom is -0.347 e. The molecule has 0 spiro atoms. The molecule has 1 N–H and O–H groups in total. The normalized spacial score (nSPS) is 10.3. The quantitative estimate of drug-likeness (QED) is 0.846. The lowest BCUT2D eigenvalue weighted by molar-refractivity contribution is 0.0951. The number of carbonyl (C=O) groups excluding carboxylic acids is 1. The third-order valence-electron chi connectivity index (χ3n) is 2.40. The van der Waals surface area contributed by atoms with Crippen LogP contribution in [-0.2, 0) is 6.54 Å². The lowest BCUT2D eigenvalue weighted by Gasteiger charge is -2.04. The van der Waals surface area contributed by atoms with E-state index in [2.05, 4.69) is 21.2 Å². The van der Waals surface area contributed by atoms with Gasteiger partial charge < -0.3 is 5.32 Å². The Balaban J connectivity index is 1.94. The van der Waals surface area contributed by atoms with E-state index in [0.29, 0.717) is 12.1 Å². The maximum Gasteiger partial charge on any atom is 0.251 e. The van der Waals surface area contributed by atoms with Gasteiger partial charge in [-0.1, -0.05) is 0 Å². The highest BCUT2D eigenvalue weighted by Gasteiger charge is 2.05. The van der Waals surface area contributed by atoms with E-state index >= 15 is 0 Å². The molecule has 2 aromatic rings. The lowest BCUT2D eigenvalue weighted by Crippen LogP contribution is -2.22. The van der Waals surface area contributed by atoms with Crippen LogP contribution in [0.25, 0.3) is 0 Å². The van der Waals surface area contributed by atoms with Crippen LogP contribution in [0.1, 0.15) is 15.2 Å². The summed E-state index contributed by atoms with van der Waals surface area (Å²) in [5.41, 5.74) is 0.698. The highest BCUT2D eigenvalue weighted by Crippen LogP contribution is 2.22. The Hall–Kier alpha value is -0.780. The molecule has 94 valence electrons. The Morgan fingerprint density at radius 3 is 2.56 bits per heavy atom. The summed E-state index contributed by atoms with van der Waals surface area (Å²) in [6, 6.07) is 11.6. The first kappa shape index (κ1) is 13.6. The summed E-state index contributed by atoms with van der Waals surface area (Å²) in [6.45, 7) is 0.569. The van der Waals surface area contributed by atoms with Gasteiger partial charge in [-0.3, -0.25) is 4.79 Å². The molecule has 0 atom stereocenters. The molecular formula is C13H12BrNOS2. The SMILES string of the molecule is CSc1ccc(C(=O)NCc2ccc(Br)s2)cc1. The second-order valence-electron chi connectivity index (χ2n) is 3.62. The van der Waals surface area contributed by atoms with E-state index in [1.165, 1.54) is 0 Å². The topological polar surface area (TPSA) is 29.1 Å². The summed E-state index contributed by atoms with van der Waals surface area (Å²) in [5.74, 6) is -0.0350. The molecule has 0 aliphatic carbocycles. The zero-order valence-corrected chi connectivity index (χ0v) is 13.0. The van der Waals surface area contributed by atoms with Crippen molar-refractivity contribution in [1.82, 2.24) is 5.32 Å². The average molecular weight is 342 g/mol. The first-order valence-electron chi connectivity index (χ1n) is 5.35. The molecule has 1 aromatic carbocycles. The number of benzene rings is 1. The fourth-order valence-corrected chi connectivity index (χ4v) is 3.29. The van der Waals surface area contributed by atoms with E-state index in [4.69, 9.17) is 0 Å². The fraction of sp³-hybridized carbons (Fsp3) is 0.154. The van der Waals surface area contributed by atoms with Gasteiger partial charge in [0, 0.05) is 15.3 Å². The van der Waals surface area contributed by atoms with Gasteiger partial charge in [0.1, 0.15) is 0 Å². The van der Waals surface area contributed by atoms with Gasteiger partial charge in [-0.15, -0.1) is 23.1 Å². The van der Waals surface area contributed by atoms with Gasteiger partial charge in [0.05, 0.1) is 10.3 Å². The van der Waals surface area contributed by atoms with Crippen LogP contribution >= 0.6 is 39.0 Å². The number of carbonyl (C=O) groups is 1. The Morgan fingerprint density at radius 2 is 2.00 bits per heavy atom. The largest absolute Gasteiger partial charge is 0.347 e. The maximum absolute atomic E-state index is 11.9. The summed E-state index contributed by atoms with van der Waals surface area (Å²) in [6.07, 6.45) is 2.02. The number of thioether (sulfide) groups is 1. The lowest BCUT2D eigenvalue weighted by atomic mass is 10.2. The number of rotatable bonds is 4. The highest BCUT2D eigenvalue weighted by molar-refractivity contribution is 9.11. The third kappa shape index (κ3) is 3.60. The predicted molar refractivity (Wildman–Crippen MR) is 81.4 cm³/mol. The van der Waals surface area contributed by atoms with Crippen molar-refractivity contribution in [2.24, 2.45) is 0 Å². The van der Waals surface area contributed by atoms with Crippen LogP contribution in [-0.4, -0.2) is 12.2 Å². The number of hydrogen-bond acceptors (Lipinski definition) is 3. The monoisotopic (exact) mass is 341 g/mol. The van der Waals surface area contributed by atoms with E-state index in [1.54, 1.807) is 23.1 Å². The molecule has 0 unspecified atom stereocenters. The smallest absolute Gasteiger partial charge is 0.251 e. The average Bonchev–Trinajstić information content (AvgIpc) is 2.82. The molecule has 0 bridgehead atoms. The molecule has 0 aliphatic heterocycles. The molecule has 0 saturated carbocycles. The summed E-state index contributed by atoms with van der Waals surface area (Å²) < 4.78 is 1.08. The molecule has 0 aliphatic rings. The van der Waals surface area contributed by atoms with Gasteiger partial charge >= 0.3 is 0 Å². The Labute approximate surface area is 123 Å². The van der Waals surface area contributed by atoms with Crippen LogP contribution in [0.2, 0.25) is 0 Å². The molecule has 0 radical (unpaired) electrons. The number of amides is 1. The van der Waals surface area contributed by atoms with Crippen molar-refractivity contribution >= 4 is 44.9 Å². The van der Waals surface area contributed by atoms with Crippen molar-refractivity contribution in [2.45, 2.75) is 11.4 Å². The van der Waals surface area contributed by atoms with Gasteiger partial charge in [0.2, 0.25) is 0 Å². The molecule has 2 rings (SSSR count). The first-order valence-corrected chi connectivity index (χ1v) is 8.19. The second kappa shape index (κ2) is 6.41. The molecular weight excluding hydrogens is 330 g/mol. The highest BCUT2D eigenvalue weighted by atomic mass is 79.9. The number of halogens is 1. The molecule has 1 heterocycles. The van der Waals surface area contributed by atoms with Crippen LogP contribution in [0, 0.1) is 0 Å². The Bertz CT molecular complexity index is 536. The van der Waals surface area contributed by atoms with E-state index in [9.17, 15) is 4.79 Å². The molecule has 2 nitrogen and oxygen atoms in total. The molecule has 5 heteroatoms. The molecule has 18 heavy (non-hydrogen) atoms. The van der Waals surface area contributed by atoms with Crippen LogP contribution < -0.4 is 5.32 Å². The fourth-order valence-electron chi connectivity index (χ4n) is 1.46. The van der Waals surface area contributed by atoms with Gasteiger partial charge in [-0.2, -0.15) is 0 Å². The molecule has 0 saturated heterocycles. The Morgan fingerprint density at radius 1 is 1.28 bits per heavy atom. The zero-order chi connectivity index (χ0) is 13.0. The van der Waals surface area contributed by atoms with Crippen molar-refractivity contribution in [3.63, 3.8) is 0 Å². The number of hydrogen-bond donors (Lipinski definition) is 1. The van der Waals surface area contributed by atoms with Crippen LogP contribution in [0.4, 0.5) is 0 Å². The van der Waals surface area contributed by atoms with E-state index < -0.39 is 0 Å². The third-order valence-corrected chi connectivity index (χ3v) is 4.77. The van der Waals surface area contributed by atoms with Crippen molar-refractivity contribution in [3.05, 3.63) is 50.6 Å². The minimum absolute atomic E-state index is 0.0350. The number of thiophene rings is 1. The van der Waals surface area contributed by atoms with Crippen molar-refractivity contribution in [1.29, 1.82) is 0 Å². The van der Waals surface area contributed by atoms with E-state index in [1.807, 2.05) is 42.7 Å². The van der Waals surface area contributed by atoms with Gasteiger partial charge in [0.15, 0.2) is 0 Å². The predicted octanol–water partition coefficient (Wildman–Crippen LogP) is 4.16. The molecule has 1 aromatic heterocycles. The van der Waals surface area contributed by atoms with Crippen LogP contribution in [0.5, 0.6) is 0 Å². The maximum atomic E-state index is 11.9. The van der Waals surface area contributed by atoms with Gasteiger partial charge in [0.25, 0.3) is 5.91 Å². The summed E-state index contributed by atoms with van der Waals surface area (Å²) in [7, 11) is 0. The van der Waals surface area contributed by atoms with Gasteiger partial charge in [-0.05, 0) is 58.6 Å². The van der Waals surface area contributed by atoms with Crippen LogP contribution in [0.15, 0.2) is 45.1 Å². The van der Waals surface area contributed by atoms with E-state index in [0.717, 1.165) is 13.6 Å². The second-order valence-corrected chi connectivity index (χ2v) is 7.04. The first-order chi connectivity index (χ1) is 8.69. The van der Waals surface area contributed by atoms with E-state index in [-0.39, 0.29) is 5.91 Å².